The second kappa shape index (κ2) is 10.2. The van der Waals surface area contributed by atoms with Crippen molar-refractivity contribution in [1.82, 2.24) is 15.2 Å². The number of nitrogens with one attached hydrogen (secondary N) is 1. The molecule has 36 heavy (non-hydrogen) atoms. The van der Waals surface area contributed by atoms with Gasteiger partial charge in [-0.25, -0.2) is 0 Å². The van der Waals surface area contributed by atoms with E-state index >= 15 is 0 Å². The minimum Gasteiger partial charge on any atom is -0.322 e. The molecule has 2 aromatic carbocycles. The normalized spacial score (nSPS) is 17.2. The number of pyridine rings is 1. The fourth-order valence-corrected chi connectivity index (χ4v) is 4.89. The summed E-state index contributed by atoms with van der Waals surface area (Å²) in [6.45, 7) is 0.341. The van der Waals surface area contributed by atoms with E-state index in [2.05, 4.69) is 22.4 Å². The van der Waals surface area contributed by atoms with Gasteiger partial charge in [-0.2, -0.15) is 0 Å². The summed E-state index contributed by atoms with van der Waals surface area (Å²) in [4.78, 5) is 54.7. The van der Waals surface area contributed by atoms with Gasteiger partial charge in [-0.1, -0.05) is 36.4 Å². The minimum absolute atomic E-state index is 0.165. The van der Waals surface area contributed by atoms with Crippen LogP contribution in [0.1, 0.15) is 57.4 Å². The fraction of sp³-hybridized carbons (Fsp3) is 0.276. The first-order chi connectivity index (χ1) is 17.5. The molecule has 1 aromatic heterocycles. The van der Waals surface area contributed by atoms with Crippen LogP contribution in [0.2, 0.25) is 0 Å². The molecule has 0 radical (unpaired) electrons. The first-order valence-electron chi connectivity index (χ1n) is 12.2. The largest absolute Gasteiger partial charge is 0.322 e. The number of amides is 3. The Labute approximate surface area is 209 Å². The van der Waals surface area contributed by atoms with Crippen molar-refractivity contribution in [2.45, 2.75) is 51.1 Å². The zero-order valence-electron chi connectivity index (χ0n) is 19.9. The Bertz CT molecular complexity index is 1320. The number of Topliss-reactive ketones (excluding diaryl/α,β-unsaturated/α-hetero) is 1. The average molecular weight is 482 g/mol. The Kier molecular flexibility index (Phi) is 6.71. The van der Waals surface area contributed by atoms with Gasteiger partial charge in [0.25, 0.3) is 5.91 Å². The number of aromatic nitrogens is 1. The van der Waals surface area contributed by atoms with Gasteiger partial charge < -0.3 is 4.90 Å². The second-order valence-corrected chi connectivity index (χ2v) is 9.46. The lowest BCUT2D eigenvalue weighted by Gasteiger charge is -2.29. The van der Waals surface area contributed by atoms with Crippen molar-refractivity contribution in [3.05, 3.63) is 100 Å². The van der Waals surface area contributed by atoms with Crippen LogP contribution in [0.25, 0.3) is 0 Å². The fourth-order valence-electron chi connectivity index (χ4n) is 4.89. The maximum absolute atomic E-state index is 12.8. The molecule has 0 spiro atoms. The smallest absolute Gasteiger partial charge is 0.255 e. The van der Waals surface area contributed by atoms with Crippen LogP contribution in [0.5, 0.6) is 0 Å². The molecule has 0 saturated carbocycles. The standard InChI is InChI=1S/C29H27N3O4/c33-24(17-21-3-1-19(2-4-21)15-22-11-13-30-14-12-22)7-5-20-6-8-25-23(16-20)18-32(29(25)36)26-9-10-27(34)31-28(26)35/h1-4,6,8,11-14,16,26H,5,7,9-10,15,17-18H2,(H,31,34,35). The molecule has 7 heteroatoms. The summed E-state index contributed by atoms with van der Waals surface area (Å²) in [5.41, 5.74) is 5.83. The van der Waals surface area contributed by atoms with Gasteiger partial charge in [0, 0.05) is 43.8 Å². The molecule has 182 valence electrons. The van der Waals surface area contributed by atoms with E-state index in [1.165, 1.54) is 11.1 Å². The molecule has 3 heterocycles. The molecule has 7 nitrogen and oxygen atoms in total. The molecule has 3 amide bonds. The van der Waals surface area contributed by atoms with Crippen LogP contribution in [0.3, 0.4) is 0 Å². The number of rotatable bonds is 8. The number of benzene rings is 2. The SMILES string of the molecule is O=C(CCc1ccc2c(c1)CN(C1CCC(=O)NC1=O)C2=O)Cc1ccc(Cc2ccncc2)cc1. The van der Waals surface area contributed by atoms with E-state index in [1.807, 2.05) is 36.4 Å². The van der Waals surface area contributed by atoms with Gasteiger partial charge in [0.1, 0.15) is 11.8 Å². The highest BCUT2D eigenvalue weighted by atomic mass is 16.2. The summed E-state index contributed by atoms with van der Waals surface area (Å²) < 4.78 is 0. The van der Waals surface area contributed by atoms with E-state index in [-0.39, 0.29) is 24.0 Å². The first-order valence-corrected chi connectivity index (χ1v) is 12.2. The number of ketones is 1. The van der Waals surface area contributed by atoms with E-state index in [9.17, 15) is 19.2 Å². The number of fused-ring (bicyclic) bond motifs is 1. The van der Waals surface area contributed by atoms with Gasteiger partial charge in [0.15, 0.2) is 0 Å². The molecule has 0 bridgehead atoms. The van der Waals surface area contributed by atoms with E-state index in [0.717, 1.165) is 23.1 Å². The molecule has 2 aliphatic rings. The number of hydrogen-bond donors (Lipinski definition) is 1. The van der Waals surface area contributed by atoms with Crippen LogP contribution in [-0.4, -0.2) is 39.4 Å². The molecule has 1 fully saturated rings. The van der Waals surface area contributed by atoms with Crippen LogP contribution in [-0.2, 0) is 40.2 Å². The van der Waals surface area contributed by atoms with Crippen LogP contribution < -0.4 is 5.32 Å². The Morgan fingerprint density at radius 3 is 2.36 bits per heavy atom. The molecule has 2 aliphatic heterocycles. The highest BCUT2D eigenvalue weighted by Crippen LogP contribution is 2.28. The first kappa shape index (κ1) is 23.6. The number of nitrogens with zero attached hydrogens (tertiary/aromatic N) is 2. The number of aryl methyl sites for hydroxylation is 1. The third-order valence-electron chi connectivity index (χ3n) is 6.86. The molecule has 5 rings (SSSR count). The maximum Gasteiger partial charge on any atom is 0.255 e. The summed E-state index contributed by atoms with van der Waals surface area (Å²) >= 11 is 0. The maximum atomic E-state index is 12.8. The van der Waals surface area contributed by atoms with Gasteiger partial charge in [0.05, 0.1) is 0 Å². The Hall–Kier alpha value is -4.13. The number of piperidine rings is 1. The van der Waals surface area contributed by atoms with Crippen molar-refractivity contribution in [2.24, 2.45) is 0 Å². The third kappa shape index (κ3) is 5.25. The molecule has 1 saturated heterocycles. The molecular formula is C29H27N3O4. The van der Waals surface area contributed by atoms with Gasteiger partial charge in [-0.05, 0) is 65.3 Å². The quantitative estimate of drug-likeness (QED) is 0.499. The van der Waals surface area contributed by atoms with Crippen molar-refractivity contribution in [1.29, 1.82) is 0 Å². The zero-order chi connectivity index (χ0) is 25.1. The minimum atomic E-state index is -0.622. The van der Waals surface area contributed by atoms with Crippen molar-refractivity contribution in [3.8, 4) is 0 Å². The lowest BCUT2D eigenvalue weighted by molar-refractivity contribution is -0.137. The molecule has 1 atom stereocenters. The highest BCUT2D eigenvalue weighted by Gasteiger charge is 2.39. The van der Waals surface area contributed by atoms with E-state index in [0.29, 0.717) is 37.8 Å². The van der Waals surface area contributed by atoms with Gasteiger partial charge in [0.2, 0.25) is 11.8 Å². The highest BCUT2D eigenvalue weighted by molar-refractivity contribution is 6.05. The van der Waals surface area contributed by atoms with Crippen LogP contribution in [0.15, 0.2) is 67.0 Å². The Balaban J connectivity index is 1.15. The van der Waals surface area contributed by atoms with Gasteiger partial charge >= 0.3 is 0 Å². The summed E-state index contributed by atoms with van der Waals surface area (Å²) in [5.74, 6) is -0.731. The van der Waals surface area contributed by atoms with Crippen molar-refractivity contribution in [2.75, 3.05) is 0 Å². The lowest BCUT2D eigenvalue weighted by Crippen LogP contribution is -2.52. The topological polar surface area (TPSA) is 96.4 Å². The number of hydrogen-bond acceptors (Lipinski definition) is 5. The predicted molar refractivity (Wildman–Crippen MR) is 133 cm³/mol. The van der Waals surface area contributed by atoms with E-state index < -0.39 is 11.9 Å². The Morgan fingerprint density at radius 1 is 0.917 bits per heavy atom. The number of carbonyl (C=O) groups is 4. The summed E-state index contributed by atoms with van der Waals surface area (Å²) in [5, 5.41) is 2.32. The van der Waals surface area contributed by atoms with Crippen molar-refractivity contribution >= 4 is 23.5 Å². The molecular weight excluding hydrogens is 454 g/mol. The lowest BCUT2D eigenvalue weighted by atomic mass is 9.98. The second-order valence-electron chi connectivity index (χ2n) is 9.46. The summed E-state index contributed by atoms with van der Waals surface area (Å²) in [6.07, 6.45) is 6.39. The molecule has 3 aromatic rings. The average Bonchev–Trinajstić information content (AvgIpc) is 3.20. The molecule has 0 aliphatic carbocycles. The van der Waals surface area contributed by atoms with E-state index in [4.69, 9.17) is 0 Å². The molecule has 1 N–H and O–H groups in total. The van der Waals surface area contributed by atoms with Crippen LogP contribution >= 0.6 is 0 Å². The summed E-state index contributed by atoms with van der Waals surface area (Å²) in [6, 6.07) is 17.2. The number of carbonyl (C=O) groups excluding carboxylic acids is 4. The molecule has 1 unspecified atom stereocenters. The summed E-state index contributed by atoms with van der Waals surface area (Å²) in [7, 11) is 0. The number of imide groups is 1. The predicted octanol–water partition coefficient (Wildman–Crippen LogP) is 3.18. The Morgan fingerprint density at radius 2 is 1.61 bits per heavy atom. The van der Waals surface area contributed by atoms with Crippen molar-refractivity contribution < 1.29 is 19.2 Å². The van der Waals surface area contributed by atoms with E-state index in [1.54, 1.807) is 23.4 Å². The van der Waals surface area contributed by atoms with Gasteiger partial charge in [-0.3, -0.25) is 29.5 Å². The third-order valence-corrected chi connectivity index (χ3v) is 6.86. The van der Waals surface area contributed by atoms with Crippen LogP contribution in [0.4, 0.5) is 0 Å². The monoisotopic (exact) mass is 481 g/mol. The van der Waals surface area contributed by atoms with Gasteiger partial charge in [-0.15, -0.1) is 0 Å². The zero-order valence-corrected chi connectivity index (χ0v) is 19.9. The van der Waals surface area contributed by atoms with Crippen molar-refractivity contribution in [3.63, 3.8) is 0 Å². The van der Waals surface area contributed by atoms with Crippen LogP contribution in [0, 0.1) is 0 Å².